The van der Waals surface area contributed by atoms with Gasteiger partial charge in [-0.3, -0.25) is 4.39 Å². The van der Waals surface area contributed by atoms with E-state index in [1.54, 1.807) is 5.56 Å². The number of benzene rings is 2. The molecule has 0 aromatic heterocycles. The number of unbranched alkanes of at least 4 members (excludes halogenated alkanes) is 2. The largest absolute Gasteiger partial charge is 0.251 e. The van der Waals surface area contributed by atoms with Crippen molar-refractivity contribution in [3.63, 3.8) is 0 Å². The number of hydrogen-bond acceptors (Lipinski definition) is 0. The summed E-state index contributed by atoms with van der Waals surface area (Å²) in [6, 6.07) is 18.7. The van der Waals surface area contributed by atoms with Crippen LogP contribution in [0.1, 0.15) is 107 Å². The van der Waals surface area contributed by atoms with Gasteiger partial charge in [-0.15, -0.1) is 0 Å². The zero-order valence-electron chi connectivity index (χ0n) is 20.9. The number of alkyl halides is 1. The maximum absolute atomic E-state index is 12.8. The predicted octanol–water partition coefficient (Wildman–Crippen LogP) is 9.92. The first kappa shape index (κ1) is 24.5. The molecule has 0 aliphatic heterocycles. The number of halogens is 1. The lowest BCUT2D eigenvalue weighted by Crippen LogP contribution is -2.16. The lowest BCUT2D eigenvalue weighted by Gasteiger charge is -2.29. The summed E-state index contributed by atoms with van der Waals surface area (Å²) in [7, 11) is 0. The van der Waals surface area contributed by atoms with Crippen molar-refractivity contribution in [3.8, 4) is 11.1 Å². The highest BCUT2D eigenvalue weighted by molar-refractivity contribution is 5.64. The van der Waals surface area contributed by atoms with Gasteiger partial charge in [0.1, 0.15) is 0 Å². The number of rotatable bonds is 10. The van der Waals surface area contributed by atoms with Crippen LogP contribution in [0.3, 0.4) is 0 Å². The van der Waals surface area contributed by atoms with Crippen LogP contribution in [0, 0.1) is 17.8 Å². The standard InChI is InChI=1S/C32H45F/c1-2-3-4-5-25-12-16-29(17-13-25)31-20-22-32(23-21-31)30-18-14-27(15-19-30)7-6-26-8-10-28(24-33)11-9-26/h14-15,18-23,25-26,28-29H,2-13,16-17,24H2,1H3. The van der Waals surface area contributed by atoms with Gasteiger partial charge in [-0.2, -0.15) is 0 Å². The molecule has 2 aliphatic carbocycles. The van der Waals surface area contributed by atoms with Gasteiger partial charge in [0.25, 0.3) is 0 Å². The van der Waals surface area contributed by atoms with Crippen LogP contribution in [0.4, 0.5) is 4.39 Å². The molecule has 0 heterocycles. The summed E-state index contributed by atoms with van der Waals surface area (Å²) < 4.78 is 12.8. The zero-order valence-corrected chi connectivity index (χ0v) is 20.9. The third-order valence-electron chi connectivity index (χ3n) is 8.76. The molecular formula is C32H45F. The predicted molar refractivity (Wildman–Crippen MR) is 140 cm³/mol. The Kier molecular flexibility index (Phi) is 9.45. The topological polar surface area (TPSA) is 0 Å². The fourth-order valence-corrected chi connectivity index (χ4v) is 6.32. The van der Waals surface area contributed by atoms with E-state index in [1.807, 2.05) is 0 Å². The Balaban J connectivity index is 1.23. The summed E-state index contributed by atoms with van der Waals surface area (Å²) in [5.41, 5.74) is 5.65. The average molecular weight is 449 g/mol. The van der Waals surface area contributed by atoms with Crippen LogP contribution in [0.15, 0.2) is 48.5 Å². The highest BCUT2D eigenvalue weighted by Crippen LogP contribution is 2.38. The van der Waals surface area contributed by atoms with Crippen molar-refractivity contribution in [2.75, 3.05) is 6.67 Å². The van der Waals surface area contributed by atoms with Crippen LogP contribution in [0.25, 0.3) is 11.1 Å². The first-order valence-electron chi connectivity index (χ1n) is 14.0. The van der Waals surface area contributed by atoms with Crippen molar-refractivity contribution in [1.29, 1.82) is 0 Å². The molecule has 4 rings (SSSR count). The highest BCUT2D eigenvalue weighted by Gasteiger charge is 2.22. The minimum absolute atomic E-state index is 0.116. The van der Waals surface area contributed by atoms with E-state index < -0.39 is 0 Å². The third kappa shape index (κ3) is 7.17. The lowest BCUT2D eigenvalue weighted by molar-refractivity contribution is 0.224. The van der Waals surface area contributed by atoms with Gasteiger partial charge in [-0.05, 0) is 97.3 Å². The second-order valence-corrected chi connectivity index (χ2v) is 11.1. The number of hydrogen-bond donors (Lipinski definition) is 0. The molecule has 2 fully saturated rings. The maximum Gasteiger partial charge on any atom is 0.0922 e. The fourth-order valence-electron chi connectivity index (χ4n) is 6.32. The molecule has 0 amide bonds. The molecule has 0 atom stereocenters. The first-order chi connectivity index (χ1) is 16.2. The van der Waals surface area contributed by atoms with Gasteiger partial charge in [0.05, 0.1) is 6.67 Å². The Morgan fingerprint density at radius 2 is 1.18 bits per heavy atom. The van der Waals surface area contributed by atoms with Gasteiger partial charge >= 0.3 is 0 Å². The molecule has 2 aromatic rings. The Labute approximate surface area is 202 Å². The van der Waals surface area contributed by atoms with Gasteiger partial charge in [-0.1, -0.05) is 94.0 Å². The Morgan fingerprint density at radius 1 is 0.636 bits per heavy atom. The molecule has 1 heteroatoms. The van der Waals surface area contributed by atoms with E-state index in [4.69, 9.17) is 0 Å². The second-order valence-electron chi connectivity index (χ2n) is 11.1. The van der Waals surface area contributed by atoms with Crippen molar-refractivity contribution < 1.29 is 4.39 Å². The molecule has 0 nitrogen and oxygen atoms in total. The van der Waals surface area contributed by atoms with Crippen molar-refractivity contribution in [1.82, 2.24) is 0 Å². The third-order valence-corrected chi connectivity index (χ3v) is 8.76. The smallest absolute Gasteiger partial charge is 0.0922 e. The molecule has 0 spiro atoms. The van der Waals surface area contributed by atoms with Crippen LogP contribution in [0.5, 0.6) is 0 Å². The van der Waals surface area contributed by atoms with Crippen molar-refractivity contribution in [2.24, 2.45) is 17.8 Å². The summed E-state index contributed by atoms with van der Waals surface area (Å²) in [5.74, 6) is 2.89. The van der Waals surface area contributed by atoms with E-state index >= 15 is 0 Å². The van der Waals surface area contributed by atoms with E-state index in [9.17, 15) is 4.39 Å². The second kappa shape index (κ2) is 12.7. The molecule has 2 saturated carbocycles. The summed E-state index contributed by atoms with van der Waals surface area (Å²) in [5, 5.41) is 0. The van der Waals surface area contributed by atoms with Crippen molar-refractivity contribution in [2.45, 2.75) is 103 Å². The molecule has 0 saturated heterocycles. The van der Waals surface area contributed by atoms with Crippen LogP contribution < -0.4 is 0 Å². The normalized spacial score (nSPS) is 25.8. The van der Waals surface area contributed by atoms with Crippen LogP contribution in [-0.4, -0.2) is 6.67 Å². The minimum atomic E-state index is -0.116. The fraction of sp³-hybridized carbons (Fsp3) is 0.625. The zero-order chi connectivity index (χ0) is 22.9. The summed E-state index contributed by atoms with van der Waals surface area (Å²) in [4.78, 5) is 0. The Morgan fingerprint density at radius 3 is 1.79 bits per heavy atom. The average Bonchev–Trinajstić information content (AvgIpc) is 2.89. The van der Waals surface area contributed by atoms with Gasteiger partial charge in [0.15, 0.2) is 0 Å². The maximum atomic E-state index is 12.8. The van der Waals surface area contributed by atoms with E-state index in [2.05, 4.69) is 55.5 Å². The SMILES string of the molecule is CCCCCC1CCC(c2ccc(-c3ccc(CCC4CCC(CF)CC4)cc3)cc2)CC1. The Hall–Kier alpha value is -1.63. The van der Waals surface area contributed by atoms with Crippen LogP contribution >= 0.6 is 0 Å². The van der Waals surface area contributed by atoms with Gasteiger partial charge in [-0.25, -0.2) is 0 Å². The van der Waals surface area contributed by atoms with Crippen molar-refractivity contribution in [3.05, 3.63) is 59.7 Å². The van der Waals surface area contributed by atoms with Gasteiger partial charge in [0.2, 0.25) is 0 Å². The molecule has 0 N–H and O–H groups in total. The van der Waals surface area contributed by atoms with E-state index in [0.717, 1.165) is 37.0 Å². The molecule has 180 valence electrons. The monoisotopic (exact) mass is 448 g/mol. The van der Waals surface area contributed by atoms with Gasteiger partial charge in [0, 0.05) is 0 Å². The van der Waals surface area contributed by atoms with Crippen molar-refractivity contribution >= 4 is 0 Å². The molecule has 0 radical (unpaired) electrons. The van der Waals surface area contributed by atoms with Crippen LogP contribution in [0.2, 0.25) is 0 Å². The van der Waals surface area contributed by atoms with E-state index in [-0.39, 0.29) is 6.67 Å². The quantitative estimate of drug-likeness (QED) is 0.317. The van der Waals surface area contributed by atoms with Gasteiger partial charge < -0.3 is 0 Å². The molecule has 2 aromatic carbocycles. The van der Waals surface area contributed by atoms with E-state index in [1.165, 1.54) is 87.3 Å². The minimum Gasteiger partial charge on any atom is -0.251 e. The summed E-state index contributed by atoms with van der Waals surface area (Å²) in [6.07, 6.45) is 18.3. The van der Waals surface area contributed by atoms with Crippen LogP contribution in [-0.2, 0) is 6.42 Å². The summed E-state index contributed by atoms with van der Waals surface area (Å²) in [6.45, 7) is 2.19. The Bertz CT molecular complexity index is 789. The molecule has 33 heavy (non-hydrogen) atoms. The molecule has 0 bridgehead atoms. The first-order valence-corrected chi connectivity index (χ1v) is 14.0. The molecular weight excluding hydrogens is 403 g/mol. The van der Waals surface area contributed by atoms with E-state index in [0.29, 0.717) is 5.92 Å². The lowest BCUT2D eigenvalue weighted by atomic mass is 9.77. The number of aryl methyl sites for hydroxylation is 1. The molecule has 2 aliphatic rings. The highest BCUT2D eigenvalue weighted by atomic mass is 19.1. The summed E-state index contributed by atoms with van der Waals surface area (Å²) >= 11 is 0. The molecule has 0 unspecified atom stereocenters.